The minimum atomic E-state index is -4.37. The van der Waals surface area contributed by atoms with Crippen molar-refractivity contribution < 1.29 is 27.4 Å². The molecule has 1 N–H and O–H groups in total. The van der Waals surface area contributed by atoms with Gasteiger partial charge in [0.05, 0.1) is 0 Å². The number of carbonyl (C=O) groups excluding carboxylic acids is 1. The quantitative estimate of drug-likeness (QED) is 0.146. The van der Waals surface area contributed by atoms with Crippen LogP contribution in [-0.2, 0) is 29.0 Å². The number of nitrogens with one attached hydrogen (secondary N) is 1. The van der Waals surface area contributed by atoms with Crippen molar-refractivity contribution in [3.05, 3.63) is 50.7 Å². The van der Waals surface area contributed by atoms with Crippen LogP contribution in [0.2, 0.25) is 0 Å². The molecule has 1 heterocycles. The average Bonchev–Trinajstić information content (AvgIpc) is 2.90. The van der Waals surface area contributed by atoms with E-state index in [1.807, 2.05) is 18.2 Å². The van der Waals surface area contributed by atoms with Crippen LogP contribution in [0.5, 0.6) is 5.75 Å². The smallest absolute Gasteiger partial charge is 0.389 e. The number of hydrogen-bond donors (Lipinski definition) is 1. The van der Waals surface area contributed by atoms with Crippen LogP contribution in [0.1, 0.15) is 105 Å². The molecule has 9 nitrogen and oxygen atoms in total. The van der Waals surface area contributed by atoms with Gasteiger partial charge in [0.25, 0.3) is 5.56 Å². The molecule has 2 aromatic rings. The number of halogens is 3. The molecule has 1 aromatic heterocycles. The van der Waals surface area contributed by atoms with Crippen molar-refractivity contribution in [3.63, 3.8) is 0 Å². The van der Waals surface area contributed by atoms with Crippen LogP contribution < -0.4 is 21.3 Å². The highest BCUT2D eigenvalue weighted by Crippen LogP contribution is 2.24. The first-order chi connectivity index (χ1) is 20.5. The Hall–Kier alpha value is -3.31. The van der Waals surface area contributed by atoms with Gasteiger partial charge in [-0.2, -0.15) is 13.2 Å². The highest BCUT2D eigenvalue weighted by Gasteiger charge is 2.35. The van der Waals surface area contributed by atoms with Crippen LogP contribution in [0.3, 0.4) is 0 Å². The molecule has 0 fully saturated rings. The van der Waals surface area contributed by atoms with Crippen LogP contribution >= 0.6 is 0 Å². The minimum Gasteiger partial charge on any atom is -0.476 e. The fraction of sp³-hybridized carbons (Fsp3) is 0.688. The lowest BCUT2D eigenvalue weighted by molar-refractivity contribution is -0.170. The number of carbonyl (C=O) groups is 1. The minimum absolute atomic E-state index is 0.0371. The maximum atomic E-state index is 13.0. The number of unbranched alkanes of at least 4 members (excludes halogenated alkanes) is 5. The fourth-order valence-corrected chi connectivity index (χ4v) is 4.48. The van der Waals surface area contributed by atoms with E-state index in [0.29, 0.717) is 38.1 Å². The lowest BCUT2D eigenvalue weighted by Gasteiger charge is -2.29. The third kappa shape index (κ3) is 13.1. The largest absolute Gasteiger partial charge is 0.476 e. The number of nitrogens with zero attached hydrogens (tertiary/aromatic N) is 3. The van der Waals surface area contributed by atoms with Gasteiger partial charge in [-0.3, -0.25) is 9.36 Å². The summed E-state index contributed by atoms with van der Waals surface area (Å²) in [5.41, 5.74) is -2.19. The molecule has 1 aromatic carbocycles. The van der Waals surface area contributed by atoms with E-state index in [0.717, 1.165) is 42.2 Å². The normalized spacial score (nSPS) is 12.3. The Morgan fingerprint density at radius 2 is 1.64 bits per heavy atom. The van der Waals surface area contributed by atoms with Crippen LogP contribution in [0.25, 0.3) is 0 Å². The first-order valence-corrected chi connectivity index (χ1v) is 15.6. The van der Waals surface area contributed by atoms with E-state index in [1.54, 1.807) is 40.7 Å². The van der Waals surface area contributed by atoms with Gasteiger partial charge in [0.1, 0.15) is 11.4 Å². The van der Waals surface area contributed by atoms with Crippen LogP contribution in [0.4, 0.5) is 19.0 Å². The number of benzene rings is 1. The molecule has 0 unspecified atom stereocenters. The molecular formula is C32H49F3N4O5. The van der Waals surface area contributed by atoms with Crippen molar-refractivity contribution >= 4 is 11.8 Å². The summed E-state index contributed by atoms with van der Waals surface area (Å²) in [4.78, 5) is 38.4. The van der Waals surface area contributed by atoms with Crippen molar-refractivity contribution in [2.75, 3.05) is 11.9 Å². The van der Waals surface area contributed by atoms with Crippen LogP contribution in [0.15, 0.2) is 33.9 Å². The highest BCUT2D eigenvalue weighted by molar-refractivity contribution is 5.79. The summed E-state index contributed by atoms with van der Waals surface area (Å²) < 4.78 is 51.6. The predicted molar refractivity (Wildman–Crippen MR) is 165 cm³/mol. The molecule has 2 rings (SSSR count). The van der Waals surface area contributed by atoms with Crippen LogP contribution in [0, 0.1) is 0 Å². The molecule has 0 bridgehead atoms. The van der Waals surface area contributed by atoms with E-state index in [2.05, 4.69) is 17.3 Å². The van der Waals surface area contributed by atoms with Crippen molar-refractivity contribution in [2.45, 2.75) is 136 Å². The summed E-state index contributed by atoms with van der Waals surface area (Å²) in [6, 6.07) is 7.46. The Balaban J connectivity index is 2.01. The molecule has 44 heavy (non-hydrogen) atoms. The van der Waals surface area contributed by atoms with E-state index < -0.39 is 41.0 Å². The Labute approximate surface area is 258 Å². The van der Waals surface area contributed by atoms with Crippen molar-refractivity contribution in [3.8, 4) is 5.75 Å². The summed E-state index contributed by atoms with van der Waals surface area (Å²) in [5.74, 6) is 0.0472. The summed E-state index contributed by atoms with van der Waals surface area (Å²) >= 11 is 0. The summed E-state index contributed by atoms with van der Waals surface area (Å²) in [5, 5.41) is 7.22. The fourth-order valence-electron chi connectivity index (χ4n) is 4.48. The standard InChI is InChI=1S/C32H49F3N4O5/c1-7-8-9-10-13-22-39-29(42)38(21-15-19-32(33,34)35)27(40)26(37-39)36-20-12-11-16-24-17-14-18-25(23-24)43-31(5,6)28(41)44-30(2,3)4/h14,17-18,23H,7-13,15-16,19-22H2,1-6H3,(H,36,37). The number of hydrogen-bond acceptors (Lipinski definition) is 7. The van der Waals surface area contributed by atoms with Gasteiger partial charge in [-0.25, -0.2) is 14.3 Å². The predicted octanol–water partition coefficient (Wildman–Crippen LogP) is 6.65. The molecule has 0 spiro atoms. The monoisotopic (exact) mass is 626 g/mol. The van der Waals surface area contributed by atoms with Gasteiger partial charge in [0.2, 0.25) is 5.82 Å². The number of anilines is 1. The first-order valence-electron chi connectivity index (χ1n) is 15.6. The van der Waals surface area contributed by atoms with Gasteiger partial charge >= 0.3 is 17.8 Å². The average molecular weight is 627 g/mol. The molecule has 0 saturated heterocycles. The third-order valence-corrected chi connectivity index (χ3v) is 6.78. The van der Waals surface area contributed by atoms with Gasteiger partial charge in [0.15, 0.2) is 5.60 Å². The topological polar surface area (TPSA) is 104 Å². The van der Waals surface area contributed by atoms with E-state index in [4.69, 9.17) is 9.47 Å². The Morgan fingerprint density at radius 3 is 2.30 bits per heavy atom. The van der Waals surface area contributed by atoms with E-state index in [-0.39, 0.29) is 18.8 Å². The number of aromatic nitrogens is 3. The number of ether oxygens (including phenoxy) is 2. The van der Waals surface area contributed by atoms with Gasteiger partial charge in [-0.15, -0.1) is 5.10 Å². The van der Waals surface area contributed by atoms with Gasteiger partial charge in [-0.1, -0.05) is 44.7 Å². The SMILES string of the molecule is CCCCCCCn1nc(NCCCCc2cccc(OC(C)(C)C(=O)OC(C)(C)C)c2)c(=O)n(CCCC(F)(F)F)c1=O. The molecule has 0 saturated carbocycles. The van der Waals surface area contributed by atoms with Crippen molar-refractivity contribution in [1.29, 1.82) is 0 Å². The molecule has 248 valence electrons. The first kappa shape index (κ1) is 36.9. The second kappa shape index (κ2) is 16.7. The Morgan fingerprint density at radius 1 is 0.932 bits per heavy atom. The lowest BCUT2D eigenvalue weighted by Crippen LogP contribution is -2.43. The molecule has 12 heteroatoms. The van der Waals surface area contributed by atoms with Gasteiger partial charge < -0.3 is 14.8 Å². The van der Waals surface area contributed by atoms with Crippen molar-refractivity contribution in [1.82, 2.24) is 14.3 Å². The zero-order valence-corrected chi connectivity index (χ0v) is 27.0. The molecule has 0 aliphatic rings. The number of aryl methyl sites for hydroxylation is 2. The summed E-state index contributed by atoms with van der Waals surface area (Å²) in [6.45, 7) is 11.2. The maximum Gasteiger partial charge on any atom is 0.389 e. The zero-order valence-electron chi connectivity index (χ0n) is 27.0. The lowest BCUT2D eigenvalue weighted by atomic mass is 10.1. The van der Waals surface area contributed by atoms with Gasteiger partial charge in [0, 0.05) is 26.1 Å². The molecular weight excluding hydrogens is 577 g/mol. The second-order valence-electron chi connectivity index (χ2n) is 12.6. The second-order valence-corrected chi connectivity index (χ2v) is 12.6. The number of esters is 1. The van der Waals surface area contributed by atoms with Crippen molar-refractivity contribution in [2.24, 2.45) is 0 Å². The van der Waals surface area contributed by atoms with E-state index in [1.165, 1.54) is 4.68 Å². The summed E-state index contributed by atoms with van der Waals surface area (Å²) in [7, 11) is 0. The molecule has 0 radical (unpaired) electrons. The number of alkyl halides is 3. The van der Waals surface area contributed by atoms with Crippen LogP contribution in [-0.4, -0.2) is 44.2 Å². The molecule has 0 amide bonds. The van der Waals surface area contributed by atoms with Gasteiger partial charge in [-0.05, 0) is 84.4 Å². The summed E-state index contributed by atoms with van der Waals surface area (Å²) in [6.07, 6.45) is 1.06. The molecule has 0 atom stereocenters. The Bertz CT molecular complexity index is 1310. The zero-order chi connectivity index (χ0) is 33.0. The highest BCUT2D eigenvalue weighted by atomic mass is 19.4. The molecule has 0 aliphatic heterocycles. The van der Waals surface area contributed by atoms with E-state index in [9.17, 15) is 27.6 Å². The Kier molecular flexibility index (Phi) is 14.0. The number of rotatable bonds is 18. The maximum absolute atomic E-state index is 13.0. The molecule has 0 aliphatic carbocycles. The third-order valence-electron chi connectivity index (χ3n) is 6.78. The van der Waals surface area contributed by atoms with E-state index >= 15 is 0 Å².